The number of rotatable bonds is 8. The quantitative estimate of drug-likeness (QED) is 0.760. The Kier molecular flexibility index (Phi) is 7.08. The Bertz CT molecular complexity index is 629. The molecule has 0 saturated carbocycles. The molecular weight excluding hydrogens is 322 g/mol. The van der Waals surface area contributed by atoms with Crippen molar-refractivity contribution in [2.75, 3.05) is 32.6 Å². The minimum atomic E-state index is -0.217. The van der Waals surface area contributed by atoms with Crippen LogP contribution in [0.25, 0.3) is 0 Å². The van der Waals surface area contributed by atoms with Crippen LogP contribution in [0.3, 0.4) is 0 Å². The maximum atomic E-state index is 12.2. The number of amides is 2. The number of likely N-dealkylation sites (N-methyl/N-ethyl adjacent to an activating group) is 1. The van der Waals surface area contributed by atoms with Gasteiger partial charge in [0, 0.05) is 23.2 Å². The molecular formula is C18H25N3O2S. The maximum Gasteiger partial charge on any atom is 0.319 e. The summed E-state index contributed by atoms with van der Waals surface area (Å²) >= 11 is 1.69. The van der Waals surface area contributed by atoms with Crippen molar-refractivity contribution in [3.63, 3.8) is 0 Å². The third-order valence-corrected chi connectivity index (χ3v) is 4.49. The fourth-order valence-corrected chi connectivity index (χ4v) is 3.19. The molecule has 1 atom stereocenters. The van der Waals surface area contributed by atoms with Gasteiger partial charge in [-0.25, -0.2) is 4.79 Å². The van der Waals surface area contributed by atoms with Crippen molar-refractivity contribution in [1.82, 2.24) is 10.2 Å². The van der Waals surface area contributed by atoms with E-state index < -0.39 is 0 Å². The number of benzene rings is 1. The van der Waals surface area contributed by atoms with Crippen LogP contribution in [-0.2, 0) is 0 Å². The van der Waals surface area contributed by atoms with Crippen LogP contribution in [0.2, 0.25) is 0 Å². The van der Waals surface area contributed by atoms with Gasteiger partial charge in [-0.3, -0.25) is 0 Å². The molecule has 2 aromatic rings. The molecule has 2 N–H and O–H groups in total. The topological polar surface area (TPSA) is 53.6 Å². The van der Waals surface area contributed by atoms with Crippen LogP contribution in [0.4, 0.5) is 10.5 Å². The molecule has 1 unspecified atom stereocenters. The van der Waals surface area contributed by atoms with Crippen LogP contribution in [0.1, 0.15) is 24.3 Å². The summed E-state index contributed by atoms with van der Waals surface area (Å²) in [5.74, 6) is 0.763. The minimum Gasteiger partial charge on any atom is -0.494 e. The summed E-state index contributed by atoms with van der Waals surface area (Å²) in [4.78, 5) is 15.5. The van der Waals surface area contributed by atoms with Crippen LogP contribution >= 0.6 is 11.3 Å². The highest BCUT2D eigenvalue weighted by Crippen LogP contribution is 2.22. The standard InChI is InChI=1S/C18H25N3O2S/c1-4-10-23-15-8-5-7-14(12-15)20-18(22)19-13-16(21(2)3)17-9-6-11-24-17/h5-9,11-12,16H,4,10,13H2,1-3H3,(H2,19,20,22). The van der Waals surface area contributed by atoms with Gasteiger partial charge in [0.1, 0.15) is 5.75 Å². The van der Waals surface area contributed by atoms with Crippen molar-refractivity contribution < 1.29 is 9.53 Å². The first-order chi connectivity index (χ1) is 11.6. The van der Waals surface area contributed by atoms with Crippen LogP contribution in [-0.4, -0.2) is 38.2 Å². The number of nitrogens with zero attached hydrogens (tertiary/aromatic N) is 1. The Balaban J connectivity index is 1.88. The number of nitrogens with one attached hydrogen (secondary N) is 2. The molecule has 5 nitrogen and oxygen atoms in total. The molecule has 0 saturated heterocycles. The van der Waals surface area contributed by atoms with Crippen molar-refractivity contribution in [3.05, 3.63) is 46.7 Å². The highest BCUT2D eigenvalue weighted by Gasteiger charge is 2.16. The van der Waals surface area contributed by atoms with Gasteiger partial charge in [0.05, 0.1) is 12.6 Å². The molecule has 0 aliphatic rings. The van der Waals surface area contributed by atoms with E-state index >= 15 is 0 Å². The summed E-state index contributed by atoms with van der Waals surface area (Å²) in [7, 11) is 4.02. The van der Waals surface area contributed by atoms with Crippen molar-refractivity contribution in [3.8, 4) is 5.75 Å². The summed E-state index contributed by atoms with van der Waals surface area (Å²) in [5.41, 5.74) is 0.721. The molecule has 0 spiro atoms. The van der Waals surface area contributed by atoms with E-state index in [9.17, 15) is 4.79 Å². The van der Waals surface area contributed by atoms with Gasteiger partial charge in [0.2, 0.25) is 0 Å². The van der Waals surface area contributed by atoms with Crippen molar-refractivity contribution in [1.29, 1.82) is 0 Å². The molecule has 130 valence electrons. The van der Waals surface area contributed by atoms with Crippen LogP contribution < -0.4 is 15.4 Å². The predicted octanol–water partition coefficient (Wildman–Crippen LogP) is 3.96. The minimum absolute atomic E-state index is 0.162. The fourth-order valence-electron chi connectivity index (χ4n) is 2.27. The Labute approximate surface area is 147 Å². The van der Waals surface area contributed by atoms with Gasteiger partial charge in [0.25, 0.3) is 0 Å². The molecule has 1 aromatic heterocycles. The zero-order valence-electron chi connectivity index (χ0n) is 14.4. The fraction of sp³-hybridized carbons (Fsp3) is 0.389. The number of hydrogen-bond acceptors (Lipinski definition) is 4. The first-order valence-corrected chi connectivity index (χ1v) is 8.95. The third-order valence-electron chi connectivity index (χ3n) is 3.52. The number of ether oxygens (including phenoxy) is 1. The summed E-state index contributed by atoms with van der Waals surface area (Å²) < 4.78 is 5.58. The van der Waals surface area contributed by atoms with E-state index in [2.05, 4.69) is 28.5 Å². The lowest BCUT2D eigenvalue weighted by Crippen LogP contribution is -2.36. The lowest BCUT2D eigenvalue weighted by molar-refractivity contribution is 0.244. The Morgan fingerprint density at radius 3 is 2.79 bits per heavy atom. The summed E-state index contributed by atoms with van der Waals surface area (Å²) in [6.45, 7) is 3.27. The van der Waals surface area contributed by atoms with Gasteiger partial charge in [-0.1, -0.05) is 19.1 Å². The molecule has 0 bridgehead atoms. The largest absolute Gasteiger partial charge is 0.494 e. The van der Waals surface area contributed by atoms with E-state index in [1.165, 1.54) is 4.88 Å². The normalized spacial score (nSPS) is 12.0. The van der Waals surface area contributed by atoms with E-state index in [0.29, 0.717) is 13.2 Å². The smallest absolute Gasteiger partial charge is 0.319 e. The Morgan fingerprint density at radius 2 is 2.12 bits per heavy atom. The molecule has 0 aliphatic heterocycles. The molecule has 2 amide bonds. The molecule has 6 heteroatoms. The van der Waals surface area contributed by atoms with Gasteiger partial charge < -0.3 is 20.3 Å². The van der Waals surface area contributed by atoms with E-state index in [1.54, 1.807) is 11.3 Å². The first kappa shape index (κ1) is 18.3. The summed E-state index contributed by atoms with van der Waals surface area (Å²) in [5, 5.41) is 7.84. The van der Waals surface area contributed by atoms with Crippen LogP contribution in [0.5, 0.6) is 5.75 Å². The van der Waals surface area contributed by atoms with Crippen molar-refractivity contribution in [2.24, 2.45) is 0 Å². The first-order valence-electron chi connectivity index (χ1n) is 8.07. The van der Waals surface area contributed by atoms with Gasteiger partial charge in [-0.15, -0.1) is 11.3 Å². The van der Waals surface area contributed by atoms with E-state index in [-0.39, 0.29) is 12.1 Å². The SMILES string of the molecule is CCCOc1cccc(NC(=O)NCC(c2cccs2)N(C)C)c1. The monoisotopic (exact) mass is 347 g/mol. The lowest BCUT2D eigenvalue weighted by atomic mass is 10.2. The molecule has 0 fully saturated rings. The highest BCUT2D eigenvalue weighted by molar-refractivity contribution is 7.10. The second kappa shape index (κ2) is 9.30. The second-order valence-electron chi connectivity index (χ2n) is 5.71. The summed E-state index contributed by atoms with van der Waals surface area (Å²) in [6, 6.07) is 11.5. The number of urea groups is 1. The Morgan fingerprint density at radius 1 is 1.29 bits per heavy atom. The molecule has 2 rings (SSSR count). The average Bonchev–Trinajstić information content (AvgIpc) is 3.07. The number of thiophene rings is 1. The number of carbonyl (C=O) groups is 1. The maximum absolute atomic E-state index is 12.2. The number of anilines is 1. The number of carbonyl (C=O) groups excluding carboxylic acids is 1. The lowest BCUT2D eigenvalue weighted by Gasteiger charge is -2.23. The highest BCUT2D eigenvalue weighted by atomic mass is 32.1. The predicted molar refractivity (Wildman–Crippen MR) is 100.0 cm³/mol. The van der Waals surface area contributed by atoms with Crippen LogP contribution in [0.15, 0.2) is 41.8 Å². The summed E-state index contributed by atoms with van der Waals surface area (Å²) in [6.07, 6.45) is 0.951. The Hall–Kier alpha value is -2.05. The van der Waals surface area contributed by atoms with Crippen molar-refractivity contribution in [2.45, 2.75) is 19.4 Å². The van der Waals surface area contributed by atoms with Gasteiger partial charge >= 0.3 is 6.03 Å². The van der Waals surface area contributed by atoms with Crippen molar-refractivity contribution >= 4 is 23.1 Å². The molecule has 0 radical (unpaired) electrons. The van der Waals surface area contributed by atoms with Gasteiger partial charge in [-0.05, 0) is 44.1 Å². The zero-order chi connectivity index (χ0) is 17.4. The molecule has 0 aliphatic carbocycles. The molecule has 1 heterocycles. The molecule has 24 heavy (non-hydrogen) atoms. The van der Waals surface area contributed by atoms with E-state index in [0.717, 1.165) is 17.9 Å². The number of hydrogen-bond donors (Lipinski definition) is 2. The second-order valence-corrected chi connectivity index (χ2v) is 6.69. The van der Waals surface area contributed by atoms with Crippen LogP contribution in [0, 0.1) is 0 Å². The third kappa shape index (κ3) is 5.54. The van der Waals surface area contributed by atoms with Gasteiger partial charge in [-0.2, -0.15) is 0 Å². The molecule has 1 aromatic carbocycles. The van der Waals surface area contributed by atoms with E-state index in [1.807, 2.05) is 49.8 Å². The van der Waals surface area contributed by atoms with E-state index in [4.69, 9.17) is 4.74 Å². The average molecular weight is 347 g/mol. The van der Waals surface area contributed by atoms with Gasteiger partial charge in [0.15, 0.2) is 0 Å². The zero-order valence-corrected chi connectivity index (χ0v) is 15.2.